The van der Waals surface area contributed by atoms with Gasteiger partial charge in [-0.15, -0.1) is 16.8 Å². The Bertz CT molecular complexity index is 1300. The normalized spacial score (nSPS) is 14.6. The molecular formula is C26H21BrN2O3S. The number of phenolic OH excluding ortho intramolecular Hbond substituents is 1. The van der Waals surface area contributed by atoms with E-state index in [2.05, 4.69) is 38.8 Å². The molecule has 1 aliphatic rings. The highest BCUT2D eigenvalue weighted by Crippen LogP contribution is 2.37. The molecule has 0 bridgehead atoms. The van der Waals surface area contributed by atoms with Crippen molar-refractivity contribution in [3.05, 3.63) is 88.9 Å². The molecule has 4 aromatic rings. The number of ether oxygens (including phenoxy) is 1. The van der Waals surface area contributed by atoms with Crippen molar-refractivity contribution in [2.75, 3.05) is 5.75 Å². The Labute approximate surface area is 204 Å². The molecule has 0 fully saturated rings. The molecule has 2 heterocycles. The van der Waals surface area contributed by atoms with Crippen molar-refractivity contribution < 1.29 is 14.3 Å². The van der Waals surface area contributed by atoms with Crippen molar-refractivity contribution in [2.24, 2.45) is 0 Å². The second-order valence-electron chi connectivity index (χ2n) is 7.80. The summed E-state index contributed by atoms with van der Waals surface area (Å²) in [7, 11) is 0. The summed E-state index contributed by atoms with van der Waals surface area (Å²) in [5.41, 5.74) is 4.93. The van der Waals surface area contributed by atoms with E-state index in [1.54, 1.807) is 6.07 Å². The van der Waals surface area contributed by atoms with Crippen molar-refractivity contribution in [2.45, 2.75) is 24.2 Å². The first-order valence-corrected chi connectivity index (χ1v) is 12.3. The van der Waals surface area contributed by atoms with E-state index in [1.807, 2.05) is 54.6 Å². The molecule has 33 heavy (non-hydrogen) atoms. The van der Waals surface area contributed by atoms with Crippen LogP contribution in [0.4, 0.5) is 0 Å². The molecule has 1 atom stereocenters. The number of halogens is 1. The molecule has 0 unspecified atom stereocenters. The third kappa shape index (κ3) is 4.84. The van der Waals surface area contributed by atoms with Gasteiger partial charge in [0.2, 0.25) is 5.89 Å². The van der Waals surface area contributed by atoms with Crippen molar-refractivity contribution in [3.63, 3.8) is 0 Å². The third-order valence-corrected chi connectivity index (χ3v) is 6.92. The van der Waals surface area contributed by atoms with E-state index in [-0.39, 0.29) is 11.9 Å². The van der Waals surface area contributed by atoms with E-state index in [1.165, 1.54) is 11.8 Å². The second-order valence-corrected chi connectivity index (χ2v) is 9.69. The zero-order valence-corrected chi connectivity index (χ0v) is 20.1. The molecule has 0 spiro atoms. The summed E-state index contributed by atoms with van der Waals surface area (Å²) in [5, 5.41) is 19.2. The minimum Gasteiger partial charge on any atom is -0.507 e. The second kappa shape index (κ2) is 9.45. The topological polar surface area (TPSA) is 68.4 Å². The Balaban J connectivity index is 1.25. The van der Waals surface area contributed by atoms with Gasteiger partial charge in [0.1, 0.15) is 17.6 Å². The van der Waals surface area contributed by atoms with E-state index in [4.69, 9.17) is 9.15 Å². The van der Waals surface area contributed by atoms with Crippen LogP contribution in [0.1, 0.15) is 11.1 Å². The maximum absolute atomic E-state index is 10.4. The summed E-state index contributed by atoms with van der Waals surface area (Å²) in [4.78, 5) is 0. The molecular weight excluding hydrogens is 500 g/mol. The van der Waals surface area contributed by atoms with Crippen molar-refractivity contribution in [3.8, 4) is 34.1 Å². The van der Waals surface area contributed by atoms with Crippen LogP contribution < -0.4 is 4.74 Å². The van der Waals surface area contributed by atoms with E-state index < -0.39 is 0 Å². The van der Waals surface area contributed by atoms with Gasteiger partial charge in [-0.05, 0) is 71.6 Å². The highest BCUT2D eigenvalue weighted by atomic mass is 79.9. The predicted molar refractivity (Wildman–Crippen MR) is 134 cm³/mol. The minimum atomic E-state index is 0.0176. The van der Waals surface area contributed by atoms with Crippen LogP contribution in [0.3, 0.4) is 0 Å². The van der Waals surface area contributed by atoms with Gasteiger partial charge in [-0.1, -0.05) is 45.9 Å². The number of benzene rings is 3. The summed E-state index contributed by atoms with van der Waals surface area (Å²) in [6.07, 6.45) is 3.43. The quantitative estimate of drug-likeness (QED) is 0.216. The molecule has 0 aliphatic carbocycles. The van der Waals surface area contributed by atoms with E-state index in [9.17, 15) is 5.11 Å². The van der Waals surface area contributed by atoms with Gasteiger partial charge in [0.25, 0.3) is 5.22 Å². The van der Waals surface area contributed by atoms with E-state index >= 15 is 0 Å². The fourth-order valence-electron chi connectivity index (χ4n) is 3.83. The van der Waals surface area contributed by atoms with Crippen LogP contribution in [-0.2, 0) is 12.8 Å². The van der Waals surface area contributed by atoms with Crippen LogP contribution in [0.25, 0.3) is 22.6 Å². The summed E-state index contributed by atoms with van der Waals surface area (Å²) in [6, 6.07) is 19.5. The van der Waals surface area contributed by atoms with Crippen LogP contribution in [-0.4, -0.2) is 27.2 Å². The molecule has 1 N–H and O–H groups in total. The Morgan fingerprint density at radius 3 is 2.70 bits per heavy atom. The zero-order valence-electron chi connectivity index (χ0n) is 17.7. The monoisotopic (exact) mass is 520 g/mol. The summed E-state index contributed by atoms with van der Waals surface area (Å²) in [5.74, 6) is 2.36. The molecule has 1 aliphatic heterocycles. The fraction of sp³-hybridized carbons (Fsp3) is 0.154. The molecule has 0 saturated heterocycles. The maximum atomic E-state index is 10.4. The van der Waals surface area contributed by atoms with Gasteiger partial charge in [0.05, 0.1) is 0 Å². The number of aromatic nitrogens is 2. The fourth-order valence-corrected chi connectivity index (χ4v) is 4.85. The predicted octanol–water partition coefficient (Wildman–Crippen LogP) is 6.70. The highest BCUT2D eigenvalue weighted by Gasteiger charge is 2.25. The van der Waals surface area contributed by atoms with Crippen LogP contribution in [0.2, 0.25) is 0 Å². The molecule has 7 heteroatoms. The molecule has 0 amide bonds. The Morgan fingerprint density at radius 2 is 1.88 bits per heavy atom. The number of rotatable bonds is 7. The number of allylic oxidation sites excluding steroid dienone is 1. The van der Waals surface area contributed by atoms with Crippen LogP contribution in [0, 0.1) is 0 Å². The average Bonchev–Trinajstić information content (AvgIpc) is 3.46. The highest BCUT2D eigenvalue weighted by molar-refractivity contribution is 9.10. The Hall–Kier alpha value is -3.03. The van der Waals surface area contributed by atoms with Gasteiger partial charge in [0.15, 0.2) is 0 Å². The average molecular weight is 521 g/mol. The number of fused-ring (bicyclic) bond motifs is 1. The molecule has 3 aromatic carbocycles. The van der Waals surface area contributed by atoms with Crippen LogP contribution >= 0.6 is 27.7 Å². The van der Waals surface area contributed by atoms with E-state index in [0.717, 1.165) is 50.9 Å². The number of thioether (sulfide) groups is 1. The van der Waals surface area contributed by atoms with Gasteiger partial charge in [-0.25, -0.2) is 0 Å². The van der Waals surface area contributed by atoms with Crippen LogP contribution in [0.15, 0.2) is 87.4 Å². The largest absolute Gasteiger partial charge is 0.507 e. The number of hydrogen-bond acceptors (Lipinski definition) is 6. The smallest absolute Gasteiger partial charge is 0.276 e. The molecule has 0 radical (unpaired) electrons. The van der Waals surface area contributed by atoms with E-state index in [0.29, 0.717) is 16.9 Å². The zero-order chi connectivity index (χ0) is 22.8. The van der Waals surface area contributed by atoms with Gasteiger partial charge in [-0.2, -0.15) is 0 Å². The molecule has 166 valence electrons. The summed E-state index contributed by atoms with van der Waals surface area (Å²) < 4.78 is 12.9. The van der Waals surface area contributed by atoms with Crippen molar-refractivity contribution >= 4 is 27.7 Å². The number of phenols is 1. The van der Waals surface area contributed by atoms with Crippen molar-refractivity contribution in [1.29, 1.82) is 0 Å². The number of aromatic hydroxyl groups is 1. The summed E-state index contributed by atoms with van der Waals surface area (Å²) in [6.45, 7) is 3.80. The van der Waals surface area contributed by atoms with Gasteiger partial charge < -0.3 is 14.3 Å². The molecule has 5 rings (SSSR count). The van der Waals surface area contributed by atoms with Gasteiger partial charge in [-0.3, -0.25) is 0 Å². The summed E-state index contributed by atoms with van der Waals surface area (Å²) >= 11 is 4.92. The SMILES string of the molecule is C=CCc1ccc(O)c(-c2ccc3c(c2)C[C@@H](CSc2nnc(-c4ccc(Br)cc4)o2)O3)c1. The third-order valence-electron chi connectivity index (χ3n) is 5.44. The number of hydrogen-bond donors (Lipinski definition) is 1. The first-order chi connectivity index (χ1) is 16.1. The molecule has 1 aromatic heterocycles. The lowest BCUT2D eigenvalue weighted by Crippen LogP contribution is -2.15. The molecule has 0 saturated carbocycles. The standard InChI is InChI=1S/C26H21BrN2O3S/c1-2-3-16-4-10-23(30)22(12-16)18-7-11-24-19(13-18)14-21(31-24)15-33-26-29-28-25(32-26)17-5-8-20(27)9-6-17/h2,4-13,21,30H,1,3,14-15H2/t21-/m0/s1. The molecule has 5 nitrogen and oxygen atoms in total. The first kappa shape index (κ1) is 21.8. The maximum Gasteiger partial charge on any atom is 0.276 e. The lowest BCUT2D eigenvalue weighted by Gasteiger charge is -2.09. The van der Waals surface area contributed by atoms with Gasteiger partial charge >= 0.3 is 0 Å². The first-order valence-electron chi connectivity index (χ1n) is 10.5. The van der Waals surface area contributed by atoms with Crippen molar-refractivity contribution in [1.82, 2.24) is 10.2 Å². The lowest BCUT2D eigenvalue weighted by molar-refractivity contribution is 0.259. The lowest BCUT2D eigenvalue weighted by atomic mass is 9.98. The van der Waals surface area contributed by atoms with Crippen LogP contribution in [0.5, 0.6) is 11.5 Å². The Kier molecular flexibility index (Phi) is 6.24. The minimum absolute atomic E-state index is 0.0176. The number of nitrogens with zero attached hydrogens (tertiary/aromatic N) is 2. The van der Waals surface area contributed by atoms with Gasteiger partial charge in [0, 0.05) is 27.8 Å². The Morgan fingerprint density at radius 1 is 1.06 bits per heavy atom.